The van der Waals surface area contributed by atoms with Gasteiger partial charge in [0, 0.05) is 61.0 Å². The summed E-state index contributed by atoms with van der Waals surface area (Å²) in [6.45, 7) is 9.02. The Morgan fingerprint density at radius 2 is 1.62 bits per heavy atom. The molecular weight excluding hydrogens is 489 g/mol. The van der Waals surface area contributed by atoms with Gasteiger partial charge in [-0.15, -0.1) is 0 Å². The highest BCUT2D eigenvalue weighted by Crippen LogP contribution is 2.48. The van der Waals surface area contributed by atoms with E-state index in [2.05, 4.69) is 51.1 Å². The number of para-hydroxylation sites is 1. The number of rotatable bonds is 7. The number of carbonyl (C=O) groups excluding carboxylic acids is 1. The van der Waals surface area contributed by atoms with Crippen LogP contribution in [0.2, 0.25) is 5.02 Å². The Balaban J connectivity index is 0.00000272. The minimum absolute atomic E-state index is 0. The lowest BCUT2D eigenvalue weighted by Gasteiger charge is -2.36. The predicted octanol–water partition coefficient (Wildman–Crippen LogP) is -1.25. The summed E-state index contributed by atoms with van der Waals surface area (Å²) in [6, 6.07) is 14.8. The topological polar surface area (TPSA) is 36.0 Å². The number of fused-ring (bicyclic) bond motifs is 2. The molecule has 0 aliphatic carbocycles. The first-order chi connectivity index (χ1) is 14.6. The average Bonchev–Trinajstić information content (AvgIpc) is 2.74. The van der Waals surface area contributed by atoms with Crippen molar-refractivity contribution in [2.45, 2.75) is 23.1 Å². The summed E-state index contributed by atoms with van der Waals surface area (Å²) in [5, 5.41) is 0.781. The van der Waals surface area contributed by atoms with Crippen molar-refractivity contribution in [3.05, 3.63) is 47.5 Å². The summed E-state index contributed by atoms with van der Waals surface area (Å²) in [4.78, 5) is 20.8. The molecular formula is C23H30Cl3N3O2S. The van der Waals surface area contributed by atoms with Crippen LogP contribution < -0.4 is 29.7 Å². The van der Waals surface area contributed by atoms with E-state index in [1.54, 1.807) is 0 Å². The maximum Gasteiger partial charge on any atom is 1.00 e. The van der Waals surface area contributed by atoms with Crippen molar-refractivity contribution in [2.75, 3.05) is 57.3 Å². The van der Waals surface area contributed by atoms with Crippen molar-refractivity contribution in [3.63, 3.8) is 0 Å². The molecule has 1 saturated heterocycles. The summed E-state index contributed by atoms with van der Waals surface area (Å²) in [6.07, 6.45) is 1.10. The summed E-state index contributed by atoms with van der Waals surface area (Å²) in [7, 11) is 0. The molecule has 2 aromatic carbocycles. The molecule has 0 saturated carbocycles. The van der Waals surface area contributed by atoms with E-state index in [0.29, 0.717) is 6.61 Å². The Morgan fingerprint density at radius 3 is 2.34 bits per heavy atom. The Kier molecular flexibility index (Phi) is 10.9. The van der Waals surface area contributed by atoms with E-state index in [9.17, 15) is 4.79 Å². The van der Waals surface area contributed by atoms with Gasteiger partial charge in [0.05, 0.1) is 11.4 Å². The maximum absolute atomic E-state index is 10.9. The molecule has 176 valence electrons. The van der Waals surface area contributed by atoms with E-state index in [-0.39, 0.29) is 33.6 Å². The Morgan fingerprint density at radius 1 is 0.969 bits per heavy atom. The van der Waals surface area contributed by atoms with Gasteiger partial charge in [-0.05, 0) is 43.3 Å². The minimum atomic E-state index is -0.200. The normalized spacial score (nSPS) is 15.8. The number of halogens is 3. The van der Waals surface area contributed by atoms with E-state index in [4.69, 9.17) is 16.3 Å². The van der Waals surface area contributed by atoms with Gasteiger partial charge in [0.2, 0.25) is 0 Å². The molecule has 0 bridgehead atoms. The minimum Gasteiger partial charge on any atom is -1.00 e. The molecule has 0 spiro atoms. The molecule has 2 aromatic rings. The van der Waals surface area contributed by atoms with Gasteiger partial charge < -0.3 is 39.4 Å². The van der Waals surface area contributed by atoms with Crippen LogP contribution in [0.1, 0.15) is 16.2 Å². The molecule has 2 aliphatic heterocycles. The van der Waals surface area contributed by atoms with Crippen molar-refractivity contribution in [1.29, 1.82) is 0 Å². The number of benzene rings is 2. The number of anilines is 2. The quantitative estimate of drug-likeness (QED) is 0.426. The van der Waals surface area contributed by atoms with E-state index >= 15 is 0 Å². The third-order valence-electron chi connectivity index (χ3n) is 5.62. The van der Waals surface area contributed by atoms with Gasteiger partial charge in [0.15, 0.2) is 0 Å². The van der Waals surface area contributed by atoms with Crippen LogP contribution in [-0.2, 0) is 9.53 Å². The van der Waals surface area contributed by atoms with Crippen LogP contribution in [0.3, 0.4) is 0 Å². The summed E-state index contributed by atoms with van der Waals surface area (Å²) in [5.41, 5.74) is 2.48. The third kappa shape index (κ3) is 6.92. The van der Waals surface area contributed by atoms with Crippen molar-refractivity contribution in [2.24, 2.45) is 0 Å². The molecule has 0 atom stereocenters. The van der Waals surface area contributed by atoms with Gasteiger partial charge in [-0.2, -0.15) is 0 Å². The summed E-state index contributed by atoms with van der Waals surface area (Å²) < 4.78 is 5.06. The van der Waals surface area contributed by atoms with Crippen LogP contribution in [0.15, 0.2) is 52.3 Å². The SMILES string of the molecule is CC(=O)OCCN1CCN(CCCN2c3ccccc3Sc3ccc(Cl)cc32)CC1.[Cl-].[Cl-].[H+].[H+]. The van der Waals surface area contributed by atoms with E-state index < -0.39 is 0 Å². The molecule has 32 heavy (non-hydrogen) atoms. The van der Waals surface area contributed by atoms with Gasteiger partial charge in [-0.1, -0.05) is 35.5 Å². The zero-order valence-corrected chi connectivity index (χ0v) is 21.2. The number of nitrogens with zero attached hydrogens (tertiary/aromatic N) is 3. The van der Waals surface area contributed by atoms with Gasteiger partial charge >= 0.3 is 8.82 Å². The number of hydrogen-bond donors (Lipinski definition) is 0. The lowest BCUT2D eigenvalue weighted by molar-refractivity contribution is -0.141. The second-order valence-corrected chi connectivity index (χ2v) is 9.23. The van der Waals surface area contributed by atoms with Gasteiger partial charge in [-0.3, -0.25) is 9.69 Å². The smallest absolute Gasteiger partial charge is 1.00 e. The summed E-state index contributed by atoms with van der Waals surface area (Å²) in [5.74, 6) is -0.200. The van der Waals surface area contributed by atoms with Crippen LogP contribution in [0, 0.1) is 0 Å². The molecule has 0 N–H and O–H groups in total. The van der Waals surface area contributed by atoms with Crippen molar-refractivity contribution < 1.29 is 37.2 Å². The zero-order valence-electron chi connectivity index (χ0n) is 20.1. The number of piperazine rings is 1. The Bertz CT molecular complexity index is 906. The second kappa shape index (κ2) is 12.9. The number of carbonyl (C=O) groups is 1. The highest BCUT2D eigenvalue weighted by molar-refractivity contribution is 7.99. The third-order valence-corrected chi connectivity index (χ3v) is 6.99. The zero-order chi connectivity index (χ0) is 20.9. The molecule has 0 amide bonds. The van der Waals surface area contributed by atoms with Gasteiger partial charge in [-0.25, -0.2) is 0 Å². The molecule has 0 unspecified atom stereocenters. The van der Waals surface area contributed by atoms with Crippen LogP contribution >= 0.6 is 23.4 Å². The first kappa shape index (κ1) is 27.1. The monoisotopic (exact) mass is 517 g/mol. The fourth-order valence-corrected chi connectivity index (χ4v) is 5.29. The first-order valence-electron chi connectivity index (χ1n) is 10.5. The van der Waals surface area contributed by atoms with Crippen molar-refractivity contribution in [1.82, 2.24) is 9.80 Å². The molecule has 1 fully saturated rings. The lowest BCUT2D eigenvalue weighted by atomic mass is 10.2. The Labute approximate surface area is 215 Å². The highest BCUT2D eigenvalue weighted by atomic mass is 35.5. The van der Waals surface area contributed by atoms with E-state index in [1.165, 1.54) is 28.1 Å². The van der Waals surface area contributed by atoms with Crippen molar-refractivity contribution in [3.8, 4) is 0 Å². The molecule has 9 heteroatoms. The molecule has 2 aliphatic rings. The fourth-order valence-electron chi connectivity index (χ4n) is 4.05. The number of hydrogen-bond acceptors (Lipinski definition) is 6. The standard InChI is InChI=1S/C23H28ClN3O2S.2ClH/c1-18(28)29-16-15-26-13-11-25(12-14-26)9-4-10-27-20-5-2-3-6-22(20)30-23-8-7-19(24)17-21(23)27;;/h2-3,5-8,17H,4,9-16H2,1H3;2*1H. The maximum atomic E-state index is 10.9. The predicted molar refractivity (Wildman–Crippen MR) is 125 cm³/mol. The lowest BCUT2D eigenvalue weighted by Crippen LogP contribution is -3.00. The molecule has 5 nitrogen and oxygen atoms in total. The average molecular weight is 519 g/mol. The van der Waals surface area contributed by atoms with Gasteiger partial charge in [0.25, 0.3) is 0 Å². The largest absolute Gasteiger partial charge is 1.00 e. The molecule has 0 aromatic heterocycles. The highest BCUT2D eigenvalue weighted by Gasteiger charge is 2.24. The molecule has 4 rings (SSSR count). The van der Waals surface area contributed by atoms with Crippen LogP contribution in [-0.4, -0.2) is 68.2 Å². The fraction of sp³-hybridized carbons (Fsp3) is 0.435. The van der Waals surface area contributed by atoms with Crippen LogP contribution in [0.4, 0.5) is 11.4 Å². The molecule has 2 heterocycles. The number of ether oxygens (including phenoxy) is 1. The van der Waals surface area contributed by atoms with E-state index in [1.807, 2.05) is 17.8 Å². The van der Waals surface area contributed by atoms with Crippen LogP contribution in [0.5, 0.6) is 0 Å². The summed E-state index contributed by atoms with van der Waals surface area (Å²) >= 11 is 8.13. The Hall–Kier alpha value is -1.15. The number of esters is 1. The van der Waals surface area contributed by atoms with E-state index in [0.717, 1.165) is 57.3 Å². The van der Waals surface area contributed by atoms with Gasteiger partial charge in [0.1, 0.15) is 6.61 Å². The van der Waals surface area contributed by atoms with Crippen molar-refractivity contribution >= 4 is 40.7 Å². The second-order valence-electron chi connectivity index (χ2n) is 7.71. The molecule has 0 radical (unpaired) electrons. The first-order valence-corrected chi connectivity index (χ1v) is 11.7. The van der Waals surface area contributed by atoms with Crippen LogP contribution in [0.25, 0.3) is 0 Å².